The Morgan fingerprint density at radius 3 is 2.15 bits per heavy atom. The summed E-state index contributed by atoms with van der Waals surface area (Å²) in [6, 6.07) is 5.38. The first-order valence-electron chi connectivity index (χ1n) is 12.2. The number of carbonyl (C=O) groups is 2. The van der Waals surface area contributed by atoms with Crippen molar-refractivity contribution in [1.29, 1.82) is 0 Å². The van der Waals surface area contributed by atoms with Crippen molar-refractivity contribution in [2.24, 2.45) is 5.92 Å². The van der Waals surface area contributed by atoms with Crippen molar-refractivity contribution in [2.45, 2.75) is 52.0 Å². The van der Waals surface area contributed by atoms with E-state index < -0.39 is 0 Å². The Labute approximate surface area is 198 Å². The number of anilines is 1. The van der Waals surface area contributed by atoms with Gasteiger partial charge in [0.1, 0.15) is 11.5 Å². The number of nitrogens with zero attached hydrogens (tertiary/aromatic N) is 3. The Hall–Kier alpha value is -2.48. The third-order valence-corrected chi connectivity index (χ3v) is 6.96. The van der Waals surface area contributed by atoms with Crippen LogP contribution in [0, 0.1) is 5.92 Å². The molecule has 8 nitrogen and oxygen atoms in total. The number of benzene rings is 1. The molecule has 8 heteroatoms. The first-order valence-corrected chi connectivity index (χ1v) is 12.2. The van der Waals surface area contributed by atoms with Crippen LogP contribution in [0.25, 0.3) is 0 Å². The maximum atomic E-state index is 13.4. The van der Waals surface area contributed by atoms with E-state index in [2.05, 4.69) is 17.1 Å². The van der Waals surface area contributed by atoms with Gasteiger partial charge in [0.2, 0.25) is 5.91 Å². The fourth-order valence-electron chi connectivity index (χ4n) is 4.77. The summed E-state index contributed by atoms with van der Waals surface area (Å²) in [7, 11) is 3.19. The molecule has 2 fully saturated rings. The van der Waals surface area contributed by atoms with E-state index in [1.807, 2.05) is 9.80 Å². The summed E-state index contributed by atoms with van der Waals surface area (Å²) in [5.74, 6) is 2.18. The molecule has 2 saturated heterocycles. The topological polar surface area (TPSA) is 74.4 Å². The second-order valence-corrected chi connectivity index (χ2v) is 9.34. The normalized spacial score (nSPS) is 18.1. The van der Waals surface area contributed by atoms with Crippen molar-refractivity contribution in [3.8, 4) is 11.5 Å². The monoisotopic (exact) mass is 460 g/mol. The molecular weight excluding hydrogens is 420 g/mol. The highest BCUT2D eigenvalue weighted by Crippen LogP contribution is 2.27. The van der Waals surface area contributed by atoms with Gasteiger partial charge < -0.3 is 29.5 Å². The lowest BCUT2D eigenvalue weighted by Crippen LogP contribution is -2.50. The molecule has 0 aliphatic carbocycles. The largest absolute Gasteiger partial charge is 0.497 e. The van der Waals surface area contributed by atoms with Gasteiger partial charge in [-0.3, -0.25) is 4.79 Å². The van der Waals surface area contributed by atoms with Crippen LogP contribution in [0.1, 0.15) is 46.0 Å². The lowest BCUT2D eigenvalue weighted by molar-refractivity contribution is -0.130. The van der Waals surface area contributed by atoms with Crippen LogP contribution in [0.4, 0.5) is 10.5 Å². The minimum absolute atomic E-state index is 0.104. The van der Waals surface area contributed by atoms with E-state index in [0.717, 1.165) is 44.8 Å². The van der Waals surface area contributed by atoms with Gasteiger partial charge in [-0.25, -0.2) is 4.79 Å². The van der Waals surface area contributed by atoms with E-state index in [1.165, 1.54) is 12.8 Å². The molecule has 1 aromatic rings. The number of likely N-dealkylation sites (tertiary alicyclic amines) is 2. The number of nitrogens with one attached hydrogen (secondary N) is 1. The molecule has 3 amide bonds. The molecule has 1 aromatic carbocycles. The quantitative estimate of drug-likeness (QED) is 0.641. The third-order valence-electron chi connectivity index (χ3n) is 6.96. The number of carbonyl (C=O) groups excluding carboxylic acids is 2. The first kappa shape index (κ1) is 25.1. The van der Waals surface area contributed by atoms with Crippen LogP contribution in [-0.2, 0) is 4.79 Å². The number of amides is 3. The summed E-state index contributed by atoms with van der Waals surface area (Å²) in [6.07, 6.45) is 5.05. The standard InChI is InChI=1S/C25H40N4O4/c1-19-6-12-27(13-7-19)10-5-11-29(22-8-14-28(15-9-22)20(2)30)25(31)26-21-16-23(32-3)18-24(17-21)33-4/h16-19,22H,5-15H2,1-4H3,(H,26,31). The average molecular weight is 461 g/mol. The Morgan fingerprint density at radius 1 is 1.00 bits per heavy atom. The van der Waals surface area contributed by atoms with Crippen LogP contribution in [0.5, 0.6) is 11.5 Å². The van der Waals surface area contributed by atoms with Gasteiger partial charge in [-0.15, -0.1) is 0 Å². The van der Waals surface area contributed by atoms with Crippen LogP contribution in [-0.4, -0.2) is 86.2 Å². The van der Waals surface area contributed by atoms with Crippen molar-refractivity contribution in [3.63, 3.8) is 0 Å². The lowest BCUT2D eigenvalue weighted by Gasteiger charge is -2.39. The summed E-state index contributed by atoms with van der Waals surface area (Å²) >= 11 is 0. The highest BCUT2D eigenvalue weighted by molar-refractivity contribution is 5.90. The number of urea groups is 1. The van der Waals surface area contributed by atoms with Crippen LogP contribution in [0.3, 0.4) is 0 Å². The summed E-state index contributed by atoms with van der Waals surface area (Å²) < 4.78 is 10.7. The smallest absolute Gasteiger partial charge is 0.322 e. The molecule has 0 unspecified atom stereocenters. The molecule has 2 heterocycles. The van der Waals surface area contributed by atoms with Crippen LogP contribution < -0.4 is 14.8 Å². The zero-order valence-corrected chi connectivity index (χ0v) is 20.6. The maximum Gasteiger partial charge on any atom is 0.322 e. The summed E-state index contributed by atoms with van der Waals surface area (Å²) in [5.41, 5.74) is 0.646. The molecule has 0 spiro atoms. The average Bonchev–Trinajstić information content (AvgIpc) is 2.82. The SMILES string of the molecule is COc1cc(NC(=O)N(CCCN2CCC(C)CC2)C2CCN(C(C)=O)CC2)cc(OC)c1. The molecule has 0 aromatic heterocycles. The predicted molar refractivity (Wildman–Crippen MR) is 130 cm³/mol. The zero-order valence-electron chi connectivity index (χ0n) is 20.6. The van der Waals surface area contributed by atoms with Crippen molar-refractivity contribution in [1.82, 2.24) is 14.7 Å². The highest BCUT2D eigenvalue weighted by atomic mass is 16.5. The van der Waals surface area contributed by atoms with E-state index in [-0.39, 0.29) is 18.0 Å². The van der Waals surface area contributed by atoms with Crippen LogP contribution >= 0.6 is 0 Å². The molecule has 3 rings (SSSR count). The van der Waals surface area contributed by atoms with Gasteiger partial charge in [-0.1, -0.05) is 6.92 Å². The zero-order chi connectivity index (χ0) is 23.8. The first-order chi connectivity index (χ1) is 15.9. The van der Waals surface area contributed by atoms with Crippen molar-refractivity contribution < 1.29 is 19.1 Å². The molecule has 33 heavy (non-hydrogen) atoms. The van der Waals surface area contributed by atoms with Crippen LogP contribution in [0.2, 0.25) is 0 Å². The Balaban J connectivity index is 1.65. The Bertz CT molecular complexity index is 764. The Morgan fingerprint density at radius 2 is 1.61 bits per heavy atom. The summed E-state index contributed by atoms with van der Waals surface area (Å²) in [5, 5.41) is 3.05. The van der Waals surface area contributed by atoms with Crippen molar-refractivity contribution in [3.05, 3.63) is 18.2 Å². The molecule has 1 N–H and O–H groups in total. The number of ether oxygens (including phenoxy) is 2. The number of hydrogen-bond acceptors (Lipinski definition) is 5. The van der Waals surface area contributed by atoms with Crippen LogP contribution in [0.15, 0.2) is 18.2 Å². The highest BCUT2D eigenvalue weighted by Gasteiger charge is 2.29. The second-order valence-electron chi connectivity index (χ2n) is 9.34. The van der Waals surface area contributed by atoms with Gasteiger partial charge in [-0.05, 0) is 57.7 Å². The molecule has 0 saturated carbocycles. The predicted octanol–water partition coefficient (Wildman–Crippen LogP) is 3.67. The van der Waals surface area contributed by atoms with E-state index in [4.69, 9.17) is 9.47 Å². The number of rotatable bonds is 8. The molecule has 0 bridgehead atoms. The minimum atomic E-state index is -0.112. The van der Waals surface area contributed by atoms with Gasteiger partial charge in [0.25, 0.3) is 0 Å². The minimum Gasteiger partial charge on any atom is -0.497 e. The van der Waals surface area contributed by atoms with E-state index in [0.29, 0.717) is 36.8 Å². The number of hydrogen-bond donors (Lipinski definition) is 1. The van der Waals surface area contributed by atoms with Crippen molar-refractivity contribution >= 4 is 17.6 Å². The number of piperidine rings is 2. The Kier molecular flexibility index (Phi) is 9.23. The fraction of sp³-hybridized carbons (Fsp3) is 0.680. The van der Waals surface area contributed by atoms with Gasteiger partial charge in [0.15, 0.2) is 0 Å². The third kappa shape index (κ3) is 7.25. The maximum absolute atomic E-state index is 13.4. The molecule has 2 aliphatic heterocycles. The van der Waals surface area contributed by atoms with Gasteiger partial charge in [0.05, 0.1) is 14.2 Å². The molecule has 0 atom stereocenters. The van der Waals surface area contributed by atoms with E-state index in [9.17, 15) is 9.59 Å². The van der Waals surface area contributed by atoms with Gasteiger partial charge >= 0.3 is 6.03 Å². The van der Waals surface area contributed by atoms with E-state index in [1.54, 1.807) is 39.3 Å². The summed E-state index contributed by atoms with van der Waals surface area (Å²) in [4.78, 5) is 31.5. The molecule has 2 aliphatic rings. The van der Waals surface area contributed by atoms with Crippen molar-refractivity contribution in [2.75, 3.05) is 58.8 Å². The molecule has 184 valence electrons. The van der Waals surface area contributed by atoms with E-state index >= 15 is 0 Å². The molecule has 0 radical (unpaired) electrons. The molecular formula is C25H40N4O4. The van der Waals surface area contributed by atoms with Gasteiger partial charge in [0, 0.05) is 56.5 Å². The second kappa shape index (κ2) is 12.1. The fourth-order valence-corrected chi connectivity index (χ4v) is 4.77. The lowest BCUT2D eigenvalue weighted by atomic mass is 9.99. The summed E-state index contributed by atoms with van der Waals surface area (Å²) in [6.45, 7) is 9.33. The van der Waals surface area contributed by atoms with Gasteiger partial charge in [-0.2, -0.15) is 0 Å². The number of methoxy groups -OCH3 is 2.